The van der Waals surface area contributed by atoms with Crippen LogP contribution in [0.3, 0.4) is 0 Å². The number of hydrogen-bond acceptors (Lipinski definition) is 6. The quantitative estimate of drug-likeness (QED) is 0.709. The van der Waals surface area contributed by atoms with Crippen molar-refractivity contribution in [2.45, 2.75) is 12.3 Å². The van der Waals surface area contributed by atoms with E-state index in [9.17, 15) is 0 Å². The second-order valence-electron chi connectivity index (χ2n) is 4.76. The van der Waals surface area contributed by atoms with E-state index in [-0.39, 0.29) is 5.92 Å². The third-order valence-corrected chi connectivity index (χ3v) is 3.40. The van der Waals surface area contributed by atoms with E-state index in [0.717, 1.165) is 24.1 Å². The van der Waals surface area contributed by atoms with Gasteiger partial charge in [0.1, 0.15) is 5.69 Å². The van der Waals surface area contributed by atoms with Gasteiger partial charge in [0, 0.05) is 12.5 Å². The summed E-state index contributed by atoms with van der Waals surface area (Å²) in [7, 11) is 0. The lowest BCUT2D eigenvalue weighted by Gasteiger charge is -1.98. The summed E-state index contributed by atoms with van der Waals surface area (Å²) >= 11 is 0. The van der Waals surface area contributed by atoms with Crippen molar-refractivity contribution in [3.05, 3.63) is 36.3 Å². The van der Waals surface area contributed by atoms with Gasteiger partial charge in [-0.3, -0.25) is 4.98 Å². The van der Waals surface area contributed by atoms with Crippen molar-refractivity contribution in [1.82, 2.24) is 20.1 Å². The van der Waals surface area contributed by atoms with E-state index < -0.39 is 0 Å². The Balaban J connectivity index is 1.71. The van der Waals surface area contributed by atoms with E-state index in [1.807, 2.05) is 24.3 Å². The lowest BCUT2D eigenvalue weighted by Crippen LogP contribution is -1.99. The minimum atomic E-state index is 0.223. The summed E-state index contributed by atoms with van der Waals surface area (Å²) in [6.45, 7) is 1.41. The van der Waals surface area contributed by atoms with Crippen molar-refractivity contribution >= 4 is 11.0 Å². The zero-order chi connectivity index (χ0) is 13.4. The maximum atomic E-state index is 5.33. The van der Waals surface area contributed by atoms with E-state index in [1.165, 1.54) is 0 Å². The third-order valence-electron chi connectivity index (χ3n) is 3.40. The van der Waals surface area contributed by atoms with Crippen LogP contribution in [0.15, 0.2) is 35.0 Å². The largest absolute Gasteiger partial charge is 0.381 e. The summed E-state index contributed by atoms with van der Waals surface area (Å²) in [4.78, 5) is 13.3. The van der Waals surface area contributed by atoms with Gasteiger partial charge in [-0.15, -0.1) is 0 Å². The van der Waals surface area contributed by atoms with Crippen molar-refractivity contribution in [2.24, 2.45) is 0 Å². The number of rotatable bonds is 2. The topological polar surface area (TPSA) is 73.9 Å². The second kappa shape index (κ2) is 4.64. The maximum absolute atomic E-state index is 5.33. The molecule has 1 aromatic carbocycles. The number of ether oxygens (including phenoxy) is 1. The highest BCUT2D eigenvalue weighted by Gasteiger charge is 2.23. The van der Waals surface area contributed by atoms with Gasteiger partial charge in [-0.2, -0.15) is 4.98 Å². The predicted octanol–water partition coefficient (Wildman–Crippen LogP) is 2.18. The SMILES string of the molecule is c1ccc2nc(-c3nc([C@H]4CCOC4)no3)cnc2c1. The molecule has 6 nitrogen and oxygen atoms in total. The fourth-order valence-electron chi connectivity index (χ4n) is 2.30. The Bertz CT molecular complexity index is 750. The molecule has 3 aromatic rings. The molecule has 1 saturated heterocycles. The molecule has 3 heterocycles. The van der Waals surface area contributed by atoms with Crippen LogP contribution in [0.2, 0.25) is 0 Å². The molecular weight excluding hydrogens is 256 g/mol. The molecule has 4 rings (SSSR count). The van der Waals surface area contributed by atoms with Crippen molar-refractivity contribution in [3.63, 3.8) is 0 Å². The molecule has 2 aromatic heterocycles. The highest BCUT2D eigenvalue weighted by atomic mass is 16.5. The number of fused-ring (bicyclic) bond motifs is 1. The summed E-state index contributed by atoms with van der Waals surface area (Å²) in [5.74, 6) is 1.32. The molecule has 1 aliphatic rings. The second-order valence-corrected chi connectivity index (χ2v) is 4.76. The van der Waals surface area contributed by atoms with E-state index >= 15 is 0 Å². The smallest absolute Gasteiger partial charge is 0.278 e. The van der Waals surface area contributed by atoms with Crippen LogP contribution < -0.4 is 0 Å². The molecule has 1 aliphatic heterocycles. The van der Waals surface area contributed by atoms with Gasteiger partial charge in [0.15, 0.2) is 5.82 Å². The summed E-state index contributed by atoms with van der Waals surface area (Å²) in [5, 5.41) is 4.02. The number of hydrogen-bond donors (Lipinski definition) is 0. The van der Waals surface area contributed by atoms with Gasteiger partial charge in [-0.25, -0.2) is 4.98 Å². The lowest BCUT2D eigenvalue weighted by molar-refractivity contribution is 0.192. The molecule has 0 bridgehead atoms. The van der Waals surface area contributed by atoms with E-state index in [4.69, 9.17) is 9.26 Å². The monoisotopic (exact) mass is 268 g/mol. The van der Waals surface area contributed by atoms with Crippen LogP contribution in [0.5, 0.6) is 0 Å². The van der Waals surface area contributed by atoms with Gasteiger partial charge in [0.05, 0.1) is 23.8 Å². The van der Waals surface area contributed by atoms with Gasteiger partial charge >= 0.3 is 0 Å². The fourth-order valence-corrected chi connectivity index (χ4v) is 2.30. The van der Waals surface area contributed by atoms with Crippen LogP contribution >= 0.6 is 0 Å². The van der Waals surface area contributed by atoms with Crippen LogP contribution in [-0.4, -0.2) is 33.3 Å². The molecule has 100 valence electrons. The molecule has 1 fully saturated rings. The van der Waals surface area contributed by atoms with Crippen molar-refractivity contribution in [1.29, 1.82) is 0 Å². The summed E-state index contributed by atoms with van der Waals surface area (Å²) < 4.78 is 10.6. The molecule has 0 amide bonds. The van der Waals surface area contributed by atoms with Crippen LogP contribution in [-0.2, 0) is 4.74 Å². The molecule has 20 heavy (non-hydrogen) atoms. The normalized spacial score (nSPS) is 18.7. The molecule has 0 spiro atoms. The van der Waals surface area contributed by atoms with E-state index in [1.54, 1.807) is 6.20 Å². The van der Waals surface area contributed by atoms with Crippen molar-refractivity contribution in [2.75, 3.05) is 13.2 Å². The first-order valence-electron chi connectivity index (χ1n) is 6.54. The number of nitrogens with zero attached hydrogens (tertiary/aromatic N) is 4. The van der Waals surface area contributed by atoms with Gasteiger partial charge in [-0.1, -0.05) is 17.3 Å². The standard InChI is InChI=1S/C14H12N4O2/c1-2-4-11-10(3-1)15-7-12(16-11)14-17-13(18-20-14)9-5-6-19-8-9/h1-4,7,9H,5-6,8H2/t9-/m0/s1. The molecule has 0 aliphatic carbocycles. The first-order valence-corrected chi connectivity index (χ1v) is 6.54. The lowest BCUT2D eigenvalue weighted by atomic mass is 10.1. The Morgan fingerprint density at radius 1 is 1.10 bits per heavy atom. The Morgan fingerprint density at radius 2 is 2.00 bits per heavy atom. The number of benzene rings is 1. The first-order chi connectivity index (χ1) is 9.90. The highest BCUT2D eigenvalue weighted by molar-refractivity contribution is 5.75. The summed E-state index contributed by atoms with van der Waals surface area (Å²) in [6.07, 6.45) is 2.59. The van der Waals surface area contributed by atoms with Gasteiger partial charge in [0.2, 0.25) is 0 Å². The average molecular weight is 268 g/mol. The number of para-hydroxylation sites is 2. The molecule has 0 N–H and O–H groups in total. The zero-order valence-corrected chi connectivity index (χ0v) is 10.7. The molecule has 1 atom stereocenters. The first kappa shape index (κ1) is 11.5. The average Bonchev–Trinajstić information content (AvgIpc) is 3.17. The minimum Gasteiger partial charge on any atom is -0.381 e. The Kier molecular flexibility index (Phi) is 2.67. The highest BCUT2D eigenvalue weighted by Crippen LogP contribution is 2.25. The van der Waals surface area contributed by atoms with Crippen LogP contribution in [0, 0.1) is 0 Å². The summed E-state index contributed by atoms with van der Waals surface area (Å²) in [6, 6.07) is 7.69. The number of aromatic nitrogens is 4. The molecular formula is C14H12N4O2. The molecule has 0 unspecified atom stereocenters. The summed E-state index contributed by atoms with van der Waals surface area (Å²) in [5.41, 5.74) is 2.26. The van der Waals surface area contributed by atoms with E-state index in [0.29, 0.717) is 24.0 Å². The van der Waals surface area contributed by atoms with E-state index in [2.05, 4.69) is 20.1 Å². The third kappa shape index (κ3) is 1.94. The predicted molar refractivity (Wildman–Crippen MR) is 71.0 cm³/mol. The fraction of sp³-hybridized carbons (Fsp3) is 0.286. The van der Waals surface area contributed by atoms with Gasteiger partial charge < -0.3 is 9.26 Å². The maximum Gasteiger partial charge on any atom is 0.278 e. The Morgan fingerprint density at radius 3 is 2.85 bits per heavy atom. The Hall–Kier alpha value is -2.34. The zero-order valence-electron chi connectivity index (χ0n) is 10.7. The van der Waals surface area contributed by atoms with Crippen LogP contribution in [0.1, 0.15) is 18.2 Å². The minimum absolute atomic E-state index is 0.223. The molecule has 0 saturated carbocycles. The van der Waals surface area contributed by atoms with Crippen molar-refractivity contribution in [3.8, 4) is 11.6 Å². The van der Waals surface area contributed by atoms with Gasteiger partial charge in [0.25, 0.3) is 5.89 Å². The Labute approximate surface area is 114 Å². The molecule has 6 heteroatoms. The van der Waals surface area contributed by atoms with Crippen LogP contribution in [0.4, 0.5) is 0 Å². The molecule has 0 radical (unpaired) electrons. The van der Waals surface area contributed by atoms with Gasteiger partial charge in [-0.05, 0) is 18.6 Å². The van der Waals surface area contributed by atoms with Crippen molar-refractivity contribution < 1.29 is 9.26 Å². The van der Waals surface area contributed by atoms with Crippen LogP contribution in [0.25, 0.3) is 22.6 Å².